The molecule has 1 rings (SSSR count). The van der Waals surface area contributed by atoms with Gasteiger partial charge in [0.05, 0.1) is 0 Å². The zero-order chi connectivity index (χ0) is 20.1. The minimum absolute atomic E-state index is 1.19. The van der Waals surface area contributed by atoms with E-state index in [-0.39, 0.29) is 0 Å². The van der Waals surface area contributed by atoms with Gasteiger partial charge in [0.15, 0.2) is 12.4 Å². The molecule has 0 bridgehead atoms. The van der Waals surface area contributed by atoms with Crippen molar-refractivity contribution < 1.29 is 4.57 Å². The van der Waals surface area contributed by atoms with Crippen LogP contribution in [-0.2, 0) is 13.0 Å². The van der Waals surface area contributed by atoms with E-state index in [2.05, 4.69) is 42.9 Å². The van der Waals surface area contributed by atoms with Crippen molar-refractivity contribution in [3.63, 3.8) is 0 Å². The Morgan fingerprint density at radius 1 is 0.500 bits per heavy atom. The first-order valence-corrected chi connectivity index (χ1v) is 12.8. The predicted octanol–water partition coefficient (Wildman–Crippen LogP) is 8.58. The minimum atomic E-state index is 1.19. The van der Waals surface area contributed by atoms with Gasteiger partial charge < -0.3 is 0 Å². The quantitative estimate of drug-likeness (QED) is 0.155. The Balaban J connectivity index is 1.89. The number of hydrogen-bond donors (Lipinski definition) is 0. The molecule has 1 aromatic rings. The highest BCUT2D eigenvalue weighted by atomic mass is 14.9. The van der Waals surface area contributed by atoms with Crippen molar-refractivity contribution in [2.75, 3.05) is 0 Å². The van der Waals surface area contributed by atoms with E-state index in [0.29, 0.717) is 0 Å². The third-order valence-corrected chi connectivity index (χ3v) is 6.05. The van der Waals surface area contributed by atoms with E-state index in [1.807, 2.05) is 0 Å². The second kappa shape index (κ2) is 19.5. The monoisotopic (exact) mass is 388 g/mol. The van der Waals surface area contributed by atoms with Crippen LogP contribution in [0.3, 0.4) is 0 Å². The molecule has 0 fully saturated rings. The highest BCUT2D eigenvalue weighted by molar-refractivity contribution is 5.07. The summed E-state index contributed by atoms with van der Waals surface area (Å²) in [5, 5.41) is 0. The van der Waals surface area contributed by atoms with E-state index in [1.165, 1.54) is 134 Å². The van der Waals surface area contributed by atoms with Crippen LogP contribution in [0.25, 0.3) is 0 Å². The van der Waals surface area contributed by atoms with Gasteiger partial charge in [-0.25, -0.2) is 4.57 Å². The highest BCUT2D eigenvalue weighted by Gasteiger charge is 2.01. The molecule has 0 aliphatic rings. The third kappa shape index (κ3) is 15.1. The summed E-state index contributed by atoms with van der Waals surface area (Å²) in [4.78, 5) is 0. The molecule has 0 spiro atoms. The lowest BCUT2D eigenvalue weighted by molar-refractivity contribution is -0.697. The van der Waals surface area contributed by atoms with Crippen molar-refractivity contribution in [3.8, 4) is 0 Å². The van der Waals surface area contributed by atoms with Crippen molar-refractivity contribution in [3.05, 3.63) is 30.1 Å². The van der Waals surface area contributed by atoms with Gasteiger partial charge in [-0.05, 0) is 24.8 Å². The number of pyridine rings is 1. The highest BCUT2D eigenvalue weighted by Crippen LogP contribution is 2.12. The Bertz CT molecular complexity index is 422. The molecule has 0 saturated carbocycles. The van der Waals surface area contributed by atoms with E-state index >= 15 is 0 Å². The lowest BCUT2D eigenvalue weighted by atomic mass is 10.0. The molecule has 1 heterocycles. The summed E-state index contributed by atoms with van der Waals surface area (Å²) in [6.45, 7) is 5.77. The lowest BCUT2D eigenvalue weighted by Gasteiger charge is -2.03. The molecule has 0 aliphatic heterocycles. The van der Waals surface area contributed by atoms with Crippen LogP contribution in [0.1, 0.15) is 135 Å². The first kappa shape index (κ1) is 25.2. The van der Waals surface area contributed by atoms with Crippen LogP contribution in [0, 0.1) is 0 Å². The van der Waals surface area contributed by atoms with Crippen LogP contribution in [-0.4, -0.2) is 0 Å². The van der Waals surface area contributed by atoms with Crippen molar-refractivity contribution in [2.24, 2.45) is 0 Å². The first-order valence-electron chi connectivity index (χ1n) is 12.8. The molecule has 0 aromatic carbocycles. The number of rotatable bonds is 20. The zero-order valence-corrected chi connectivity index (χ0v) is 19.4. The second-order valence-electron chi connectivity index (χ2n) is 8.85. The Kier molecular flexibility index (Phi) is 17.5. The van der Waals surface area contributed by atoms with Gasteiger partial charge in [-0.1, -0.05) is 110 Å². The van der Waals surface area contributed by atoms with Gasteiger partial charge >= 0.3 is 0 Å². The van der Waals surface area contributed by atoms with Crippen LogP contribution in [0.4, 0.5) is 0 Å². The standard InChI is InChI=1S/C27H50N/c1-3-5-7-9-10-11-12-13-14-15-16-18-20-24-28-25-22-27(23-26-28)21-19-17-8-6-4-2/h22-23,25-26H,3-21,24H2,1-2H3/q+1. The summed E-state index contributed by atoms with van der Waals surface area (Å²) >= 11 is 0. The summed E-state index contributed by atoms with van der Waals surface area (Å²) in [6.07, 6.45) is 31.3. The zero-order valence-electron chi connectivity index (χ0n) is 19.4. The molecular formula is C27H50N+. The number of aryl methyl sites for hydroxylation is 2. The smallest absolute Gasteiger partial charge is 0.169 e. The Hall–Kier alpha value is -0.850. The molecule has 0 atom stereocenters. The van der Waals surface area contributed by atoms with Crippen LogP contribution in [0.5, 0.6) is 0 Å². The maximum Gasteiger partial charge on any atom is 0.169 e. The number of hydrogen-bond acceptors (Lipinski definition) is 0. The minimum Gasteiger partial charge on any atom is -0.205 e. The number of aromatic nitrogens is 1. The maximum atomic E-state index is 2.37. The van der Waals surface area contributed by atoms with Crippen molar-refractivity contribution in [2.45, 2.75) is 142 Å². The SMILES string of the molecule is CCCCCCCCCCCCCCC[n+]1ccc(CCCCCCC)cc1. The third-order valence-electron chi connectivity index (χ3n) is 6.05. The fourth-order valence-corrected chi connectivity index (χ4v) is 4.05. The molecule has 162 valence electrons. The topological polar surface area (TPSA) is 3.88 Å². The van der Waals surface area contributed by atoms with Crippen LogP contribution < -0.4 is 4.57 Å². The lowest BCUT2D eigenvalue weighted by Crippen LogP contribution is -2.32. The molecule has 1 aromatic heterocycles. The van der Waals surface area contributed by atoms with Crippen molar-refractivity contribution in [1.82, 2.24) is 0 Å². The van der Waals surface area contributed by atoms with Gasteiger partial charge in [0.2, 0.25) is 0 Å². The van der Waals surface area contributed by atoms with Gasteiger partial charge in [-0.2, -0.15) is 0 Å². The molecule has 0 aliphatic carbocycles. The normalized spacial score (nSPS) is 11.2. The molecule has 0 amide bonds. The fourth-order valence-electron chi connectivity index (χ4n) is 4.05. The summed E-state index contributed by atoms with van der Waals surface area (Å²) in [5.41, 5.74) is 1.51. The molecule has 0 radical (unpaired) electrons. The van der Waals surface area contributed by atoms with Crippen molar-refractivity contribution in [1.29, 1.82) is 0 Å². The van der Waals surface area contributed by atoms with Gasteiger partial charge in [0.25, 0.3) is 0 Å². The van der Waals surface area contributed by atoms with E-state index in [1.54, 1.807) is 0 Å². The van der Waals surface area contributed by atoms with E-state index in [0.717, 1.165) is 0 Å². The van der Waals surface area contributed by atoms with Crippen LogP contribution in [0.15, 0.2) is 24.5 Å². The van der Waals surface area contributed by atoms with Gasteiger partial charge in [0, 0.05) is 18.6 Å². The molecule has 1 heteroatoms. The fraction of sp³-hybridized carbons (Fsp3) is 0.815. The molecule has 0 N–H and O–H groups in total. The van der Waals surface area contributed by atoms with E-state index < -0.39 is 0 Å². The molecule has 28 heavy (non-hydrogen) atoms. The number of unbranched alkanes of at least 4 members (excludes halogenated alkanes) is 16. The summed E-state index contributed by atoms with van der Waals surface area (Å²) in [7, 11) is 0. The Morgan fingerprint density at radius 2 is 0.893 bits per heavy atom. The predicted molar refractivity (Wildman–Crippen MR) is 125 cm³/mol. The maximum absolute atomic E-state index is 2.37. The first-order chi connectivity index (χ1) is 13.9. The van der Waals surface area contributed by atoms with Crippen molar-refractivity contribution >= 4 is 0 Å². The summed E-state index contributed by atoms with van der Waals surface area (Å²) in [5.74, 6) is 0. The summed E-state index contributed by atoms with van der Waals surface area (Å²) < 4.78 is 2.37. The van der Waals surface area contributed by atoms with Gasteiger partial charge in [-0.3, -0.25) is 0 Å². The molecule has 0 saturated heterocycles. The average molecular weight is 389 g/mol. The Labute approximate surface area is 177 Å². The molecule has 1 nitrogen and oxygen atoms in total. The Morgan fingerprint density at radius 3 is 1.36 bits per heavy atom. The van der Waals surface area contributed by atoms with E-state index in [4.69, 9.17) is 0 Å². The molecule has 0 unspecified atom stereocenters. The van der Waals surface area contributed by atoms with Gasteiger partial charge in [0.1, 0.15) is 6.54 Å². The average Bonchev–Trinajstić information content (AvgIpc) is 2.72. The molecular weight excluding hydrogens is 338 g/mol. The van der Waals surface area contributed by atoms with Crippen LogP contribution in [0.2, 0.25) is 0 Å². The van der Waals surface area contributed by atoms with Crippen LogP contribution >= 0.6 is 0 Å². The largest absolute Gasteiger partial charge is 0.205 e. The van der Waals surface area contributed by atoms with Gasteiger partial charge in [-0.15, -0.1) is 0 Å². The summed E-state index contributed by atoms with van der Waals surface area (Å²) in [6, 6.07) is 4.67. The second-order valence-corrected chi connectivity index (χ2v) is 8.85. The van der Waals surface area contributed by atoms with E-state index in [9.17, 15) is 0 Å². The number of nitrogens with zero attached hydrogens (tertiary/aromatic N) is 1.